The molecule has 1 saturated carbocycles. The molecule has 8 nitrogen and oxygen atoms in total. The number of hydrogen-bond donors (Lipinski definition) is 2. The van der Waals surface area contributed by atoms with Gasteiger partial charge >= 0.3 is 6.03 Å². The Morgan fingerprint density at radius 2 is 1.79 bits per heavy atom. The Hall–Kier alpha value is -2.68. The van der Waals surface area contributed by atoms with Gasteiger partial charge in [0, 0.05) is 5.56 Å². The van der Waals surface area contributed by atoms with E-state index in [1.54, 1.807) is 28.9 Å². The molecule has 2 aliphatic rings. The second kappa shape index (κ2) is 7.29. The quantitative estimate of drug-likeness (QED) is 0.688. The normalized spacial score (nSPS) is 18.2. The standard InChI is InChI=1S/C20H22BrN5O3/c1-12-16(21)13(2)25(23-12)15-8-6-14(7-9-15)17(27)24-26-18(28)20(22-19(26)29)10-4-3-5-11-20/h6-9H,3-5,10-11H2,1-2H3,(H,22,29)(H,24,27). The zero-order valence-corrected chi connectivity index (χ0v) is 17.9. The maximum Gasteiger partial charge on any atom is 0.344 e. The number of hydrazine groups is 1. The van der Waals surface area contributed by atoms with Crippen LogP contribution < -0.4 is 10.7 Å². The highest BCUT2D eigenvalue weighted by molar-refractivity contribution is 9.10. The number of hydrogen-bond acceptors (Lipinski definition) is 4. The van der Waals surface area contributed by atoms with Crippen molar-refractivity contribution in [2.75, 3.05) is 0 Å². The van der Waals surface area contributed by atoms with Crippen LogP contribution in [0.5, 0.6) is 0 Å². The molecule has 2 fully saturated rings. The van der Waals surface area contributed by atoms with Crippen molar-refractivity contribution in [2.24, 2.45) is 0 Å². The van der Waals surface area contributed by atoms with Crippen molar-refractivity contribution in [3.05, 3.63) is 45.7 Å². The highest BCUT2D eigenvalue weighted by Crippen LogP contribution is 2.33. The van der Waals surface area contributed by atoms with E-state index in [0.29, 0.717) is 18.4 Å². The molecule has 4 amide bonds. The van der Waals surface area contributed by atoms with Crippen LogP contribution in [0.3, 0.4) is 0 Å². The molecule has 0 radical (unpaired) electrons. The molecule has 9 heteroatoms. The van der Waals surface area contributed by atoms with Crippen molar-refractivity contribution in [3.63, 3.8) is 0 Å². The van der Waals surface area contributed by atoms with Crippen molar-refractivity contribution in [2.45, 2.75) is 51.5 Å². The van der Waals surface area contributed by atoms with E-state index in [-0.39, 0.29) is 5.91 Å². The van der Waals surface area contributed by atoms with E-state index >= 15 is 0 Å². The van der Waals surface area contributed by atoms with Gasteiger partial charge in [-0.15, -0.1) is 0 Å². The summed E-state index contributed by atoms with van der Waals surface area (Å²) in [6.07, 6.45) is 4.04. The van der Waals surface area contributed by atoms with E-state index in [4.69, 9.17) is 0 Å². The summed E-state index contributed by atoms with van der Waals surface area (Å²) in [4.78, 5) is 37.7. The number of urea groups is 1. The molecule has 1 saturated heterocycles. The lowest BCUT2D eigenvalue weighted by Crippen LogP contribution is -2.50. The van der Waals surface area contributed by atoms with Crippen LogP contribution in [0, 0.1) is 13.8 Å². The van der Waals surface area contributed by atoms with Crippen LogP contribution in [-0.2, 0) is 4.79 Å². The summed E-state index contributed by atoms with van der Waals surface area (Å²) in [7, 11) is 0. The van der Waals surface area contributed by atoms with E-state index in [1.807, 2.05) is 13.8 Å². The molecule has 1 spiro atoms. The van der Waals surface area contributed by atoms with Crippen LogP contribution in [-0.4, -0.2) is 38.2 Å². The van der Waals surface area contributed by atoms with Crippen LogP contribution in [0.15, 0.2) is 28.7 Å². The summed E-state index contributed by atoms with van der Waals surface area (Å²) in [6, 6.07) is 6.26. The first kappa shape index (κ1) is 19.6. The third-order valence-corrected chi connectivity index (χ3v) is 6.81. The highest BCUT2D eigenvalue weighted by Gasteiger charge is 2.52. The number of imide groups is 1. The van der Waals surface area contributed by atoms with Crippen molar-refractivity contribution in [1.82, 2.24) is 25.5 Å². The van der Waals surface area contributed by atoms with E-state index < -0.39 is 17.5 Å². The summed E-state index contributed by atoms with van der Waals surface area (Å²) < 4.78 is 2.72. The van der Waals surface area contributed by atoms with Crippen molar-refractivity contribution in [1.29, 1.82) is 0 Å². The Morgan fingerprint density at radius 1 is 1.14 bits per heavy atom. The SMILES string of the molecule is Cc1nn(-c2ccc(C(=O)NN3C(=O)NC4(CCCCC4)C3=O)cc2)c(C)c1Br. The molecule has 4 rings (SSSR count). The van der Waals surface area contributed by atoms with Gasteiger partial charge in [-0.25, -0.2) is 9.48 Å². The molecular weight excluding hydrogens is 438 g/mol. The number of nitrogens with zero attached hydrogens (tertiary/aromatic N) is 3. The first-order valence-corrected chi connectivity index (χ1v) is 10.4. The predicted molar refractivity (Wildman–Crippen MR) is 109 cm³/mol. The Labute approximate surface area is 176 Å². The molecular formula is C20H22BrN5O3. The molecule has 1 aliphatic carbocycles. The molecule has 2 aromatic rings. The average Bonchev–Trinajstić information content (AvgIpc) is 3.11. The lowest BCUT2D eigenvalue weighted by Gasteiger charge is -2.30. The van der Waals surface area contributed by atoms with Gasteiger partial charge in [-0.1, -0.05) is 19.3 Å². The van der Waals surface area contributed by atoms with Gasteiger partial charge < -0.3 is 5.32 Å². The minimum atomic E-state index is -0.866. The number of nitrogens with one attached hydrogen (secondary N) is 2. The Balaban J connectivity index is 1.49. The van der Waals surface area contributed by atoms with E-state index in [1.165, 1.54) is 0 Å². The van der Waals surface area contributed by atoms with E-state index in [0.717, 1.165) is 45.8 Å². The molecule has 2 N–H and O–H groups in total. The third-order valence-electron chi connectivity index (χ3n) is 5.66. The minimum absolute atomic E-state index is 0.347. The molecule has 0 atom stereocenters. The molecule has 1 aromatic carbocycles. The van der Waals surface area contributed by atoms with Gasteiger partial charge in [0.1, 0.15) is 5.54 Å². The number of aryl methyl sites for hydroxylation is 1. The van der Waals surface area contributed by atoms with E-state index in [9.17, 15) is 14.4 Å². The number of amides is 4. The van der Waals surface area contributed by atoms with Crippen molar-refractivity contribution >= 4 is 33.8 Å². The third kappa shape index (κ3) is 3.33. The maximum atomic E-state index is 12.8. The fourth-order valence-electron chi connectivity index (χ4n) is 4.01. The summed E-state index contributed by atoms with van der Waals surface area (Å²) in [5, 5.41) is 8.07. The fraction of sp³-hybridized carbons (Fsp3) is 0.400. The summed E-state index contributed by atoms with van der Waals surface area (Å²) in [6.45, 7) is 3.86. The highest BCUT2D eigenvalue weighted by atomic mass is 79.9. The Morgan fingerprint density at radius 3 is 2.38 bits per heavy atom. The zero-order valence-electron chi connectivity index (χ0n) is 16.3. The number of aromatic nitrogens is 2. The van der Waals surface area contributed by atoms with Crippen LogP contribution in [0.4, 0.5) is 4.79 Å². The minimum Gasteiger partial charge on any atom is -0.322 e. The van der Waals surface area contributed by atoms with Gasteiger partial charge in [-0.05, 0) is 66.9 Å². The average molecular weight is 460 g/mol. The Kier molecular flexibility index (Phi) is 4.94. The Bertz CT molecular complexity index is 992. The smallest absolute Gasteiger partial charge is 0.322 e. The van der Waals surface area contributed by atoms with Crippen LogP contribution in [0.2, 0.25) is 0 Å². The van der Waals surface area contributed by atoms with Crippen molar-refractivity contribution < 1.29 is 14.4 Å². The van der Waals surface area contributed by atoms with E-state index in [2.05, 4.69) is 31.8 Å². The maximum absolute atomic E-state index is 12.8. The summed E-state index contributed by atoms with van der Waals surface area (Å²) in [5.74, 6) is -0.887. The lowest BCUT2D eigenvalue weighted by atomic mass is 9.82. The fourth-order valence-corrected chi connectivity index (χ4v) is 4.26. The first-order valence-electron chi connectivity index (χ1n) is 9.62. The zero-order chi connectivity index (χ0) is 20.8. The molecule has 1 aliphatic heterocycles. The summed E-state index contributed by atoms with van der Waals surface area (Å²) >= 11 is 3.50. The number of benzene rings is 1. The van der Waals surface area contributed by atoms with Gasteiger partial charge in [0.15, 0.2) is 0 Å². The number of carbonyl (C=O) groups excluding carboxylic acids is 3. The largest absolute Gasteiger partial charge is 0.344 e. The topological polar surface area (TPSA) is 96.3 Å². The van der Waals surface area contributed by atoms with Crippen LogP contribution in [0.25, 0.3) is 5.69 Å². The molecule has 152 valence electrons. The summed E-state index contributed by atoms with van der Waals surface area (Å²) in [5.41, 5.74) is 4.57. The van der Waals surface area contributed by atoms with Gasteiger partial charge in [-0.3, -0.25) is 15.0 Å². The number of halogens is 1. The predicted octanol–water partition coefficient (Wildman–Crippen LogP) is 3.15. The molecule has 29 heavy (non-hydrogen) atoms. The number of rotatable bonds is 3. The number of carbonyl (C=O) groups is 3. The lowest BCUT2D eigenvalue weighted by molar-refractivity contribution is -0.134. The second-order valence-corrected chi connectivity index (χ2v) is 8.39. The molecule has 0 unspecified atom stereocenters. The van der Waals surface area contributed by atoms with Gasteiger partial charge in [-0.2, -0.15) is 10.1 Å². The van der Waals surface area contributed by atoms with Gasteiger partial charge in [0.25, 0.3) is 11.8 Å². The van der Waals surface area contributed by atoms with Gasteiger partial charge in [0.2, 0.25) is 0 Å². The first-order chi connectivity index (χ1) is 13.8. The molecule has 0 bridgehead atoms. The van der Waals surface area contributed by atoms with Crippen LogP contribution >= 0.6 is 15.9 Å². The van der Waals surface area contributed by atoms with Crippen molar-refractivity contribution in [3.8, 4) is 5.69 Å². The second-order valence-electron chi connectivity index (χ2n) is 7.60. The van der Waals surface area contributed by atoms with Gasteiger partial charge in [0.05, 0.1) is 21.5 Å². The molecule has 1 aromatic heterocycles. The monoisotopic (exact) mass is 459 g/mol. The molecule has 2 heterocycles. The van der Waals surface area contributed by atoms with Crippen LogP contribution in [0.1, 0.15) is 53.8 Å².